The third-order valence-corrected chi connectivity index (χ3v) is 6.89. The largest absolute Gasteiger partial charge is 0.347 e. The zero-order valence-electron chi connectivity index (χ0n) is 14.9. The van der Waals surface area contributed by atoms with Gasteiger partial charge in [0.2, 0.25) is 0 Å². The predicted molar refractivity (Wildman–Crippen MR) is 111 cm³/mol. The highest BCUT2D eigenvalue weighted by atomic mass is 127. The molecule has 1 aliphatic carbocycles. The number of guanidine groups is 1. The van der Waals surface area contributed by atoms with E-state index in [9.17, 15) is 0 Å². The van der Waals surface area contributed by atoms with Gasteiger partial charge in [-0.1, -0.05) is 13.8 Å². The third-order valence-electron chi connectivity index (χ3n) is 5.58. The summed E-state index contributed by atoms with van der Waals surface area (Å²) in [5.74, 6) is 2.70. The van der Waals surface area contributed by atoms with Gasteiger partial charge in [-0.3, -0.25) is 4.99 Å². The van der Waals surface area contributed by atoms with Gasteiger partial charge in [-0.2, -0.15) is 0 Å². The molecule has 0 saturated carbocycles. The summed E-state index contributed by atoms with van der Waals surface area (Å²) >= 11 is 1.91. The number of hydrogen-bond acceptors (Lipinski definition) is 5. The van der Waals surface area contributed by atoms with Crippen molar-refractivity contribution in [2.75, 3.05) is 13.1 Å². The van der Waals surface area contributed by atoms with Gasteiger partial charge in [0, 0.05) is 11.4 Å². The van der Waals surface area contributed by atoms with Gasteiger partial charge in [0.25, 0.3) is 0 Å². The van der Waals surface area contributed by atoms with Crippen molar-refractivity contribution in [3.63, 3.8) is 0 Å². The summed E-state index contributed by atoms with van der Waals surface area (Å²) in [6, 6.07) is 0.891. The lowest BCUT2D eigenvalue weighted by Gasteiger charge is -2.36. The molecule has 0 aromatic carbocycles. The molecule has 4 atom stereocenters. The van der Waals surface area contributed by atoms with Crippen LogP contribution in [0.3, 0.4) is 0 Å². The first-order valence-corrected chi connectivity index (χ1v) is 9.98. The van der Waals surface area contributed by atoms with E-state index in [2.05, 4.69) is 31.0 Å². The number of nitrogens with one attached hydrogen (secondary N) is 1. The topological polar surface area (TPSA) is 40.5 Å². The maximum absolute atomic E-state index is 4.93. The molecule has 2 aliphatic heterocycles. The number of halogens is 1. The summed E-state index contributed by atoms with van der Waals surface area (Å²) in [6.07, 6.45) is 6.29. The number of thiazole rings is 1. The zero-order valence-corrected chi connectivity index (χ0v) is 18.1. The molecule has 0 spiro atoms. The van der Waals surface area contributed by atoms with Crippen LogP contribution in [-0.4, -0.2) is 35.0 Å². The number of fused-ring (bicyclic) bond motifs is 2. The fraction of sp³-hybridized carbons (Fsp3) is 0.778. The maximum Gasteiger partial charge on any atom is 0.194 e. The maximum atomic E-state index is 4.93. The van der Waals surface area contributed by atoms with E-state index in [4.69, 9.17) is 9.98 Å². The van der Waals surface area contributed by atoms with Gasteiger partial charge in [-0.15, -0.1) is 35.3 Å². The van der Waals surface area contributed by atoms with Crippen molar-refractivity contribution >= 4 is 41.3 Å². The van der Waals surface area contributed by atoms with Crippen molar-refractivity contribution in [1.82, 2.24) is 15.2 Å². The Morgan fingerprint density at radius 2 is 2.04 bits per heavy atom. The van der Waals surface area contributed by atoms with Crippen LogP contribution in [0, 0.1) is 11.8 Å². The van der Waals surface area contributed by atoms with E-state index in [0.717, 1.165) is 37.3 Å². The Labute approximate surface area is 166 Å². The summed E-state index contributed by atoms with van der Waals surface area (Å²) in [5, 5.41) is 4.90. The van der Waals surface area contributed by atoms with Crippen molar-refractivity contribution in [2.24, 2.45) is 16.8 Å². The molecular weight excluding hydrogens is 431 g/mol. The molecule has 6 heteroatoms. The molecule has 1 saturated heterocycles. The van der Waals surface area contributed by atoms with Crippen LogP contribution in [0.4, 0.5) is 0 Å². The van der Waals surface area contributed by atoms with Crippen LogP contribution < -0.4 is 5.32 Å². The van der Waals surface area contributed by atoms with Crippen molar-refractivity contribution in [3.8, 4) is 0 Å². The molecular formula is C18H29IN4S. The highest BCUT2D eigenvalue weighted by molar-refractivity contribution is 14.0. The monoisotopic (exact) mass is 460 g/mol. The van der Waals surface area contributed by atoms with Crippen LogP contribution in [0.15, 0.2) is 4.99 Å². The Morgan fingerprint density at radius 1 is 1.21 bits per heavy atom. The Balaban J connectivity index is 0.00000169. The van der Waals surface area contributed by atoms with Gasteiger partial charge in [-0.05, 0) is 50.9 Å². The molecule has 1 N–H and O–H groups in total. The Kier molecular flexibility index (Phi) is 5.74. The number of piperidine rings is 1. The van der Waals surface area contributed by atoms with Crippen LogP contribution in [0.1, 0.15) is 61.7 Å². The molecule has 4 unspecified atom stereocenters. The average molecular weight is 460 g/mol. The minimum Gasteiger partial charge on any atom is -0.347 e. The first-order valence-electron chi connectivity index (χ1n) is 9.16. The summed E-state index contributed by atoms with van der Waals surface area (Å²) in [5.41, 5.74) is 1.36. The fourth-order valence-electron chi connectivity index (χ4n) is 4.07. The molecule has 0 radical (unpaired) electrons. The molecule has 24 heavy (non-hydrogen) atoms. The number of rotatable bonds is 2. The van der Waals surface area contributed by atoms with Crippen LogP contribution >= 0.6 is 35.3 Å². The second-order valence-corrected chi connectivity index (χ2v) is 8.90. The van der Waals surface area contributed by atoms with Gasteiger partial charge >= 0.3 is 0 Å². The lowest BCUT2D eigenvalue weighted by Crippen LogP contribution is -2.48. The van der Waals surface area contributed by atoms with E-state index < -0.39 is 0 Å². The number of hydrogen-bond donors (Lipinski definition) is 1. The van der Waals surface area contributed by atoms with E-state index in [1.54, 1.807) is 0 Å². The molecule has 0 bridgehead atoms. The van der Waals surface area contributed by atoms with Crippen LogP contribution in [-0.2, 0) is 12.8 Å². The minimum atomic E-state index is 0. The third kappa shape index (κ3) is 3.59. The van der Waals surface area contributed by atoms with Crippen molar-refractivity contribution in [1.29, 1.82) is 0 Å². The summed E-state index contributed by atoms with van der Waals surface area (Å²) < 4.78 is 0. The Morgan fingerprint density at radius 3 is 2.88 bits per heavy atom. The number of aliphatic imine (C=N–C) groups is 1. The average Bonchev–Trinajstić information content (AvgIpc) is 3.11. The Hall–Kier alpha value is -0.370. The van der Waals surface area contributed by atoms with Crippen molar-refractivity contribution in [2.45, 2.75) is 65.0 Å². The highest BCUT2D eigenvalue weighted by Crippen LogP contribution is 2.32. The normalized spacial score (nSPS) is 30.0. The quantitative estimate of drug-likeness (QED) is 0.679. The SMILES string of the molecule is CC1CCc2nc(C(C)NC3=NCC4CCC(C)CN34)sc2C1.I. The summed E-state index contributed by atoms with van der Waals surface area (Å²) in [7, 11) is 0. The minimum absolute atomic E-state index is 0. The first-order chi connectivity index (χ1) is 11.1. The van der Waals surface area contributed by atoms with Gasteiger partial charge < -0.3 is 10.2 Å². The van der Waals surface area contributed by atoms with E-state index in [0.29, 0.717) is 6.04 Å². The Bertz CT molecular complexity index is 614. The second-order valence-electron chi connectivity index (χ2n) is 7.79. The lowest BCUT2D eigenvalue weighted by molar-refractivity contribution is 0.210. The fourth-order valence-corrected chi connectivity index (χ4v) is 5.35. The van der Waals surface area contributed by atoms with Crippen molar-refractivity contribution < 1.29 is 0 Å². The zero-order chi connectivity index (χ0) is 16.0. The molecule has 0 amide bonds. The van der Waals surface area contributed by atoms with E-state index in [1.807, 2.05) is 11.3 Å². The molecule has 4 rings (SSSR count). The summed E-state index contributed by atoms with van der Waals surface area (Å²) in [6.45, 7) is 9.06. The molecule has 3 aliphatic rings. The smallest absolute Gasteiger partial charge is 0.194 e. The van der Waals surface area contributed by atoms with Crippen LogP contribution in [0.5, 0.6) is 0 Å². The van der Waals surface area contributed by atoms with E-state index in [-0.39, 0.29) is 30.0 Å². The number of nitrogens with zero attached hydrogens (tertiary/aromatic N) is 3. The van der Waals surface area contributed by atoms with Gasteiger partial charge in [0.15, 0.2) is 5.96 Å². The van der Waals surface area contributed by atoms with Crippen LogP contribution in [0.25, 0.3) is 0 Å². The van der Waals surface area contributed by atoms with E-state index in [1.165, 1.54) is 41.3 Å². The van der Waals surface area contributed by atoms with Crippen molar-refractivity contribution in [3.05, 3.63) is 15.6 Å². The van der Waals surface area contributed by atoms with E-state index >= 15 is 0 Å². The van der Waals surface area contributed by atoms with Crippen LogP contribution in [0.2, 0.25) is 0 Å². The number of aryl methyl sites for hydroxylation is 1. The van der Waals surface area contributed by atoms with Gasteiger partial charge in [-0.25, -0.2) is 4.98 Å². The number of aromatic nitrogens is 1. The molecule has 1 aromatic heterocycles. The molecule has 3 heterocycles. The standard InChI is InChI=1S/C18H28N4S.HI/c1-11-5-7-15-16(8-11)23-17(21-15)13(3)20-18-19-9-14-6-4-12(2)10-22(14)18;/h11-14H,4-10H2,1-3H3,(H,19,20);1H. The second kappa shape index (κ2) is 7.48. The molecule has 4 nitrogen and oxygen atoms in total. The van der Waals surface area contributed by atoms with Gasteiger partial charge in [0.1, 0.15) is 5.01 Å². The molecule has 1 aromatic rings. The summed E-state index contributed by atoms with van der Waals surface area (Å²) in [4.78, 5) is 13.7. The highest BCUT2D eigenvalue weighted by Gasteiger charge is 2.33. The van der Waals surface area contributed by atoms with Gasteiger partial charge in [0.05, 0.1) is 24.3 Å². The molecule has 134 valence electrons. The predicted octanol–water partition coefficient (Wildman–Crippen LogP) is 4.01. The lowest BCUT2D eigenvalue weighted by atomic mass is 9.93. The molecule has 1 fully saturated rings. The first kappa shape index (κ1) is 18.4.